The van der Waals surface area contributed by atoms with Crippen LogP contribution < -0.4 is 5.46 Å². The Hall–Kier alpha value is -3.49. The molecule has 0 amide bonds. The van der Waals surface area contributed by atoms with Crippen LogP contribution in [0.2, 0.25) is 0 Å². The van der Waals surface area contributed by atoms with Gasteiger partial charge in [-0.05, 0) is 46.9 Å². The van der Waals surface area contributed by atoms with Crippen molar-refractivity contribution < 1.29 is 19.7 Å². The van der Waals surface area contributed by atoms with Crippen LogP contribution in [0.25, 0.3) is 28.1 Å². The van der Waals surface area contributed by atoms with E-state index in [-0.39, 0.29) is 5.69 Å². The van der Waals surface area contributed by atoms with Crippen LogP contribution in [0.3, 0.4) is 0 Å². The van der Waals surface area contributed by atoms with Gasteiger partial charge in [0.2, 0.25) is 0 Å². The Morgan fingerprint density at radius 1 is 0.931 bits per heavy atom. The molecule has 8 heteroatoms. The van der Waals surface area contributed by atoms with Gasteiger partial charge < -0.3 is 14.8 Å². The number of nitro groups is 1. The van der Waals surface area contributed by atoms with Crippen molar-refractivity contribution in [2.24, 2.45) is 0 Å². The third kappa shape index (κ3) is 4.03. The first-order valence-corrected chi connectivity index (χ1v) is 9.08. The molecule has 144 valence electrons. The molecule has 0 radical (unpaired) electrons. The summed E-state index contributed by atoms with van der Waals surface area (Å²) in [6, 6.07) is 17.0. The number of non-ortho nitro benzene ring substituents is 1. The Labute approximate surface area is 167 Å². The molecule has 0 fully saturated rings. The quantitative estimate of drug-likeness (QED) is 0.396. The number of benzene rings is 2. The van der Waals surface area contributed by atoms with Gasteiger partial charge in [-0.3, -0.25) is 10.1 Å². The normalized spacial score (nSPS) is 13.0. The first-order chi connectivity index (χ1) is 14.0. The summed E-state index contributed by atoms with van der Waals surface area (Å²) < 4.78 is 5.67. The molecule has 1 aliphatic heterocycles. The van der Waals surface area contributed by atoms with Crippen LogP contribution in [0.15, 0.2) is 66.7 Å². The molecule has 2 N–H and O–H groups in total. The minimum atomic E-state index is -1.52. The van der Waals surface area contributed by atoms with Crippen LogP contribution in [-0.4, -0.2) is 33.7 Å². The second-order valence-corrected chi connectivity index (χ2v) is 6.63. The van der Waals surface area contributed by atoms with Crippen molar-refractivity contribution in [3.05, 3.63) is 82.5 Å². The van der Waals surface area contributed by atoms with Crippen molar-refractivity contribution in [2.75, 3.05) is 6.61 Å². The number of hydrogen-bond acceptors (Lipinski definition) is 6. The van der Waals surface area contributed by atoms with Crippen molar-refractivity contribution in [2.45, 2.75) is 6.42 Å². The van der Waals surface area contributed by atoms with Gasteiger partial charge in [0, 0.05) is 24.1 Å². The molecular formula is C21H17BN2O5. The third-order valence-electron chi connectivity index (χ3n) is 4.70. The van der Waals surface area contributed by atoms with E-state index >= 15 is 0 Å². The molecule has 0 saturated heterocycles. The zero-order chi connectivity index (χ0) is 20.4. The maximum Gasteiger partial charge on any atom is 0.488 e. The van der Waals surface area contributed by atoms with Crippen LogP contribution in [0, 0.1) is 10.1 Å². The fourth-order valence-corrected chi connectivity index (χ4v) is 3.17. The zero-order valence-corrected chi connectivity index (χ0v) is 15.4. The van der Waals surface area contributed by atoms with Gasteiger partial charge in [-0.1, -0.05) is 24.3 Å². The smallest absolute Gasteiger partial charge is 0.488 e. The largest absolute Gasteiger partial charge is 0.491 e. The summed E-state index contributed by atoms with van der Waals surface area (Å²) in [6.07, 6.45) is 2.80. The maximum atomic E-state index is 10.9. The van der Waals surface area contributed by atoms with Gasteiger partial charge in [0.25, 0.3) is 5.69 Å². The van der Waals surface area contributed by atoms with Gasteiger partial charge in [0.15, 0.2) is 0 Å². The van der Waals surface area contributed by atoms with E-state index < -0.39 is 12.0 Å². The first kappa shape index (κ1) is 18.9. The molecule has 1 aromatic heterocycles. The lowest BCUT2D eigenvalue weighted by Gasteiger charge is -2.11. The molecule has 2 heterocycles. The van der Waals surface area contributed by atoms with Crippen LogP contribution in [0.4, 0.5) is 5.69 Å². The molecule has 0 bridgehead atoms. The van der Waals surface area contributed by atoms with Gasteiger partial charge in [0.05, 0.1) is 17.2 Å². The Morgan fingerprint density at radius 2 is 1.59 bits per heavy atom. The molecule has 29 heavy (non-hydrogen) atoms. The Bertz CT molecular complexity index is 1080. The predicted molar refractivity (Wildman–Crippen MR) is 110 cm³/mol. The van der Waals surface area contributed by atoms with Crippen molar-refractivity contribution >= 4 is 24.0 Å². The molecule has 1 aliphatic rings. The topological polar surface area (TPSA) is 106 Å². The number of rotatable bonds is 5. The lowest BCUT2D eigenvalue weighted by atomic mass is 9.80. The number of aromatic nitrogens is 1. The van der Waals surface area contributed by atoms with E-state index in [9.17, 15) is 20.2 Å². The number of nitrogens with zero attached hydrogens (tertiary/aromatic N) is 2. The van der Waals surface area contributed by atoms with Gasteiger partial charge >= 0.3 is 7.12 Å². The second kappa shape index (κ2) is 7.87. The summed E-state index contributed by atoms with van der Waals surface area (Å²) in [7, 11) is -1.52. The minimum Gasteiger partial charge on any atom is -0.491 e. The molecule has 3 aromatic rings. The number of nitro benzene ring substituents is 1. The SMILES string of the molecule is O=[N+]([O-])c1ccc(-c2cc(-c3ccc(B(O)O)cc3)cc(C3=CCCO3)n2)cc1. The molecule has 0 saturated carbocycles. The Morgan fingerprint density at radius 3 is 2.17 bits per heavy atom. The predicted octanol–water partition coefficient (Wildman–Crippen LogP) is 2.76. The molecule has 0 unspecified atom stereocenters. The van der Waals surface area contributed by atoms with Crippen LogP contribution in [0.5, 0.6) is 0 Å². The molecule has 2 aromatic carbocycles. The van der Waals surface area contributed by atoms with Crippen molar-refractivity contribution in [1.29, 1.82) is 0 Å². The molecule has 4 rings (SSSR count). The fourth-order valence-electron chi connectivity index (χ4n) is 3.17. The van der Waals surface area contributed by atoms with E-state index in [0.29, 0.717) is 29.2 Å². The van der Waals surface area contributed by atoms with Crippen LogP contribution >= 0.6 is 0 Å². The fraction of sp³-hybridized carbons (Fsp3) is 0.0952. The maximum absolute atomic E-state index is 10.9. The van der Waals surface area contributed by atoms with Crippen LogP contribution in [-0.2, 0) is 4.74 Å². The summed E-state index contributed by atoms with van der Waals surface area (Å²) in [6.45, 7) is 0.608. The molecule has 7 nitrogen and oxygen atoms in total. The highest BCUT2D eigenvalue weighted by Crippen LogP contribution is 2.30. The summed E-state index contributed by atoms with van der Waals surface area (Å²) in [5.74, 6) is 0.706. The molecular weight excluding hydrogens is 371 g/mol. The van der Waals surface area contributed by atoms with Crippen molar-refractivity contribution in [3.63, 3.8) is 0 Å². The van der Waals surface area contributed by atoms with E-state index in [2.05, 4.69) is 4.98 Å². The summed E-state index contributed by atoms with van der Waals surface area (Å²) in [5, 5.41) is 29.5. The van der Waals surface area contributed by atoms with E-state index in [4.69, 9.17) is 4.74 Å². The van der Waals surface area contributed by atoms with Gasteiger partial charge in [0.1, 0.15) is 11.5 Å². The lowest BCUT2D eigenvalue weighted by molar-refractivity contribution is -0.384. The molecule has 0 aliphatic carbocycles. The van der Waals surface area contributed by atoms with E-state index in [0.717, 1.165) is 23.1 Å². The monoisotopic (exact) mass is 388 g/mol. The highest BCUT2D eigenvalue weighted by Gasteiger charge is 2.16. The summed E-state index contributed by atoms with van der Waals surface area (Å²) in [5.41, 5.74) is 4.26. The Balaban J connectivity index is 1.79. The van der Waals surface area contributed by atoms with Gasteiger partial charge in [-0.25, -0.2) is 4.98 Å². The zero-order valence-electron chi connectivity index (χ0n) is 15.4. The number of pyridine rings is 1. The van der Waals surface area contributed by atoms with Crippen LogP contribution in [0.1, 0.15) is 12.1 Å². The summed E-state index contributed by atoms with van der Waals surface area (Å²) >= 11 is 0. The van der Waals surface area contributed by atoms with E-state index in [1.165, 1.54) is 12.1 Å². The van der Waals surface area contributed by atoms with Gasteiger partial charge in [-0.2, -0.15) is 0 Å². The third-order valence-corrected chi connectivity index (χ3v) is 4.70. The summed E-state index contributed by atoms with van der Waals surface area (Å²) in [4.78, 5) is 15.2. The van der Waals surface area contributed by atoms with Gasteiger partial charge in [-0.15, -0.1) is 0 Å². The lowest BCUT2D eigenvalue weighted by Crippen LogP contribution is -2.29. The highest BCUT2D eigenvalue weighted by atomic mass is 16.6. The average Bonchev–Trinajstić information content (AvgIpc) is 3.28. The Kier molecular flexibility index (Phi) is 5.11. The van der Waals surface area contributed by atoms with E-state index in [1.54, 1.807) is 36.4 Å². The first-order valence-electron chi connectivity index (χ1n) is 9.08. The molecule has 0 atom stereocenters. The van der Waals surface area contributed by atoms with Crippen molar-refractivity contribution in [1.82, 2.24) is 4.98 Å². The molecule has 0 spiro atoms. The standard InChI is InChI=1S/C21H17BN2O5/c25-22(26)17-7-3-14(4-8-17)16-12-19(15-5-9-18(10-6-15)24(27)28)23-20(13-16)21-2-1-11-29-21/h2-10,12-13,25-26H,1,11H2. The number of hydrogen-bond donors (Lipinski definition) is 2. The minimum absolute atomic E-state index is 0.0186. The second-order valence-electron chi connectivity index (χ2n) is 6.63. The highest BCUT2D eigenvalue weighted by molar-refractivity contribution is 6.58. The number of ether oxygens (including phenoxy) is 1. The van der Waals surface area contributed by atoms with E-state index in [1.807, 2.05) is 18.2 Å². The average molecular weight is 388 g/mol. The van der Waals surface area contributed by atoms with Crippen molar-refractivity contribution in [3.8, 4) is 22.4 Å².